The smallest absolute Gasteiger partial charge is 0.337 e. The van der Waals surface area contributed by atoms with Gasteiger partial charge in [-0.2, -0.15) is 11.3 Å². The Labute approximate surface area is 121 Å². The Hall–Kier alpha value is -2.14. The minimum absolute atomic E-state index is 0.0398. The highest BCUT2D eigenvalue weighted by atomic mass is 32.1. The molecule has 0 saturated carbocycles. The molecule has 1 aromatic heterocycles. The van der Waals surface area contributed by atoms with Crippen molar-refractivity contribution in [3.05, 3.63) is 52.2 Å². The number of aryl methyl sites for hydroxylation is 1. The molecule has 0 spiro atoms. The molecule has 5 heteroatoms. The maximum atomic E-state index is 11.8. The van der Waals surface area contributed by atoms with Crippen molar-refractivity contribution in [1.82, 2.24) is 0 Å². The summed E-state index contributed by atoms with van der Waals surface area (Å²) >= 11 is 1.63. The highest BCUT2D eigenvalue weighted by Crippen LogP contribution is 2.12. The molecule has 1 heterocycles. The van der Waals surface area contributed by atoms with E-state index in [1.807, 2.05) is 16.8 Å². The van der Waals surface area contributed by atoms with Crippen molar-refractivity contribution in [2.24, 2.45) is 0 Å². The Morgan fingerprint density at radius 1 is 1.20 bits per heavy atom. The van der Waals surface area contributed by atoms with Crippen LogP contribution in [0.1, 0.15) is 22.3 Å². The van der Waals surface area contributed by atoms with E-state index in [2.05, 4.69) is 10.1 Å². The number of ether oxygens (including phenoxy) is 1. The zero-order valence-corrected chi connectivity index (χ0v) is 11.9. The van der Waals surface area contributed by atoms with Crippen molar-refractivity contribution in [3.63, 3.8) is 0 Å². The number of hydrogen-bond donors (Lipinski definition) is 1. The highest BCUT2D eigenvalue weighted by Gasteiger charge is 2.06. The predicted molar refractivity (Wildman–Crippen MR) is 79.1 cm³/mol. The third-order valence-electron chi connectivity index (χ3n) is 2.81. The lowest BCUT2D eigenvalue weighted by Gasteiger charge is -2.05. The lowest BCUT2D eigenvalue weighted by Crippen LogP contribution is -2.12. The van der Waals surface area contributed by atoms with Gasteiger partial charge in [0, 0.05) is 12.1 Å². The van der Waals surface area contributed by atoms with Gasteiger partial charge in [-0.15, -0.1) is 0 Å². The van der Waals surface area contributed by atoms with E-state index in [-0.39, 0.29) is 11.9 Å². The van der Waals surface area contributed by atoms with Crippen LogP contribution >= 0.6 is 11.3 Å². The lowest BCUT2D eigenvalue weighted by molar-refractivity contribution is -0.116. The summed E-state index contributed by atoms with van der Waals surface area (Å²) in [5.74, 6) is -0.428. The topological polar surface area (TPSA) is 55.4 Å². The molecule has 0 radical (unpaired) electrons. The number of benzene rings is 1. The molecular formula is C15H15NO3S. The van der Waals surface area contributed by atoms with E-state index in [1.165, 1.54) is 12.7 Å². The van der Waals surface area contributed by atoms with Crippen LogP contribution in [-0.2, 0) is 16.0 Å². The Bertz CT molecular complexity index is 576. The van der Waals surface area contributed by atoms with E-state index < -0.39 is 0 Å². The van der Waals surface area contributed by atoms with Crippen molar-refractivity contribution in [3.8, 4) is 0 Å². The molecule has 2 aromatic rings. The molecule has 0 saturated heterocycles. The van der Waals surface area contributed by atoms with Crippen molar-refractivity contribution in [2.45, 2.75) is 12.8 Å². The van der Waals surface area contributed by atoms with Crippen LogP contribution in [0.4, 0.5) is 5.69 Å². The summed E-state index contributed by atoms with van der Waals surface area (Å²) in [5, 5.41) is 6.84. The van der Waals surface area contributed by atoms with Gasteiger partial charge in [-0.25, -0.2) is 4.79 Å². The average molecular weight is 289 g/mol. The Morgan fingerprint density at radius 3 is 2.55 bits per heavy atom. The first-order chi connectivity index (χ1) is 9.69. The van der Waals surface area contributed by atoms with Gasteiger partial charge in [-0.05, 0) is 53.1 Å². The van der Waals surface area contributed by atoms with Crippen LogP contribution in [0.5, 0.6) is 0 Å². The van der Waals surface area contributed by atoms with Gasteiger partial charge < -0.3 is 10.1 Å². The molecule has 2 rings (SSSR count). The minimum atomic E-state index is -0.389. The molecule has 4 nitrogen and oxygen atoms in total. The number of carbonyl (C=O) groups is 2. The third kappa shape index (κ3) is 3.93. The second kappa shape index (κ2) is 6.86. The molecule has 0 aliphatic carbocycles. The summed E-state index contributed by atoms with van der Waals surface area (Å²) < 4.78 is 4.61. The van der Waals surface area contributed by atoms with E-state index in [0.717, 1.165) is 6.42 Å². The van der Waals surface area contributed by atoms with Gasteiger partial charge in [-0.1, -0.05) is 0 Å². The summed E-state index contributed by atoms with van der Waals surface area (Å²) in [6.45, 7) is 0. The molecule has 1 N–H and O–H groups in total. The van der Waals surface area contributed by atoms with E-state index in [0.29, 0.717) is 17.7 Å². The zero-order valence-electron chi connectivity index (χ0n) is 11.1. The zero-order chi connectivity index (χ0) is 14.4. The van der Waals surface area contributed by atoms with Gasteiger partial charge in [-0.3, -0.25) is 4.79 Å². The third-order valence-corrected chi connectivity index (χ3v) is 3.54. The van der Waals surface area contributed by atoms with Gasteiger partial charge in [0.1, 0.15) is 0 Å². The van der Waals surface area contributed by atoms with Crippen LogP contribution in [0.25, 0.3) is 0 Å². The fourth-order valence-electron chi connectivity index (χ4n) is 1.72. The summed E-state index contributed by atoms with van der Waals surface area (Å²) in [6, 6.07) is 8.65. The molecule has 1 aromatic carbocycles. The fraction of sp³-hybridized carbons (Fsp3) is 0.200. The van der Waals surface area contributed by atoms with Crippen LogP contribution in [0.3, 0.4) is 0 Å². The van der Waals surface area contributed by atoms with Crippen LogP contribution in [0.15, 0.2) is 41.1 Å². The van der Waals surface area contributed by atoms with E-state index in [9.17, 15) is 9.59 Å². The number of nitrogens with one attached hydrogen (secondary N) is 1. The SMILES string of the molecule is COC(=O)c1ccc(NC(=O)CCc2ccsc2)cc1. The van der Waals surface area contributed by atoms with Crippen molar-refractivity contribution in [1.29, 1.82) is 0 Å². The van der Waals surface area contributed by atoms with Gasteiger partial charge in [0.2, 0.25) is 5.91 Å². The molecule has 0 atom stereocenters. The number of thiophene rings is 1. The quantitative estimate of drug-likeness (QED) is 0.860. The van der Waals surface area contributed by atoms with Crippen molar-refractivity contribution < 1.29 is 14.3 Å². The summed E-state index contributed by atoms with van der Waals surface area (Å²) in [7, 11) is 1.34. The first-order valence-corrected chi connectivity index (χ1v) is 7.12. The second-order valence-corrected chi connectivity index (χ2v) is 5.03. The largest absolute Gasteiger partial charge is 0.465 e. The predicted octanol–water partition coefficient (Wildman–Crippen LogP) is 3.11. The Kier molecular flexibility index (Phi) is 4.90. The molecular weight excluding hydrogens is 274 g/mol. The Morgan fingerprint density at radius 2 is 1.95 bits per heavy atom. The molecule has 104 valence electrons. The summed E-state index contributed by atoms with van der Waals surface area (Å²) in [6.07, 6.45) is 1.17. The number of methoxy groups -OCH3 is 1. The first kappa shape index (κ1) is 14.3. The number of amides is 1. The van der Waals surface area contributed by atoms with Gasteiger partial charge in [0.05, 0.1) is 12.7 Å². The maximum Gasteiger partial charge on any atom is 0.337 e. The lowest BCUT2D eigenvalue weighted by atomic mass is 10.1. The maximum absolute atomic E-state index is 11.8. The summed E-state index contributed by atoms with van der Waals surface area (Å²) in [5.41, 5.74) is 2.31. The molecule has 1 amide bonds. The van der Waals surface area contributed by atoms with Crippen molar-refractivity contribution in [2.75, 3.05) is 12.4 Å². The normalized spacial score (nSPS) is 10.1. The van der Waals surface area contributed by atoms with E-state index in [1.54, 1.807) is 35.6 Å². The van der Waals surface area contributed by atoms with E-state index in [4.69, 9.17) is 0 Å². The monoisotopic (exact) mass is 289 g/mol. The number of esters is 1. The number of anilines is 1. The second-order valence-electron chi connectivity index (χ2n) is 4.25. The average Bonchev–Trinajstić information content (AvgIpc) is 2.98. The summed E-state index contributed by atoms with van der Waals surface area (Å²) in [4.78, 5) is 23.1. The van der Waals surface area contributed by atoms with Gasteiger partial charge >= 0.3 is 5.97 Å². The van der Waals surface area contributed by atoms with E-state index >= 15 is 0 Å². The number of rotatable bonds is 5. The number of hydrogen-bond acceptors (Lipinski definition) is 4. The van der Waals surface area contributed by atoms with Gasteiger partial charge in [0.25, 0.3) is 0 Å². The van der Waals surface area contributed by atoms with Crippen LogP contribution in [0, 0.1) is 0 Å². The Balaban J connectivity index is 1.86. The molecule has 0 unspecified atom stereocenters. The molecule has 20 heavy (non-hydrogen) atoms. The van der Waals surface area contributed by atoms with Crippen LogP contribution < -0.4 is 5.32 Å². The molecule has 0 fully saturated rings. The van der Waals surface area contributed by atoms with Crippen LogP contribution in [-0.4, -0.2) is 19.0 Å². The fourth-order valence-corrected chi connectivity index (χ4v) is 2.43. The van der Waals surface area contributed by atoms with Gasteiger partial charge in [0.15, 0.2) is 0 Å². The molecule has 0 bridgehead atoms. The number of carbonyl (C=O) groups excluding carboxylic acids is 2. The molecule has 0 aliphatic heterocycles. The highest BCUT2D eigenvalue weighted by molar-refractivity contribution is 7.07. The first-order valence-electron chi connectivity index (χ1n) is 6.18. The van der Waals surface area contributed by atoms with Crippen molar-refractivity contribution >= 4 is 28.9 Å². The van der Waals surface area contributed by atoms with Crippen LogP contribution in [0.2, 0.25) is 0 Å². The molecule has 0 aliphatic rings. The minimum Gasteiger partial charge on any atom is -0.465 e. The standard InChI is InChI=1S/C15H15NO3S/c1-19-15(18)12-3-5-13(6-4-12)16-14(17)7-2-11-8-9-20-10-11/h3-6,8-10H,2,7H2,1H3,(H,16,17).